The van der Waals surface area contributed by atoms with Crippen molar-refractivity contribution in [3.05, 3.63) is 34.3 Å². The van der Waals surface area contributed by atoms with Gasteiger partial charge in [-0.3, -0.25) is 4.90 Å². The number of piperidine rings is 1. The van der Waals surface area contributed by atoms with Gasteiger partial charge in [-0.25, -0.2) is 0 Å². The summed E-state index contributed by atoms with van der Waals surface area (Å²) < 4.78 is 5.41. The predicted octanol–water partition coefficient (Wildman–Crippen LogP) is 2.82. The molecule has 2 rings (SSSR count). The Morgan fingerprint density at radius 2 is 2.39 bits per heavy atom. The Balaban J connectivity index is 2.03. The molecule has 1 aliphatic heterocycles. The molecule has 0 saturated carbocycles. The second-order valence-electron chi connectivity index (χ2n) is 4.65. The van der Waals surface area contributed by atoms with Crippen molar-refractivity contribution in [2.24, 2.45) is 0 Å². The lowest BCUT2D eigenvalue weighted by Crippen LogP contribution is -2.38. The molecule has 0 bridgehead atoms. The first kappa shape index (κ1) is 13.4. The van der Waals surface area contributed by atoms with Crippen molar-refractivity contribution in [3.63, 3.8) is 0 Å². The maximum absolute atomic E-state index is 8.81. The average Bonchev–Trinajstić information content (AvgIpc) is 2.41. The van der Waals surface area contributed by atoms with Crippen LogP contribution in [0.15, 0.2) is 18.2 Å². The molecule has 18 heavy (non-hydrogen) atoms. The fourth-order valence-corrected chi connectivity index (χ4v) is 2.58. The molecule has 96 valence electrons. The van der Waals surface area contributed by atoms with Crippen LogP contribution in [-0.4, -0.2) is 31.2 Å². The zero-order chi connectivity index (χ0) is 13.0. The molecule has 1 heterocycles. The van der Waals surface area contributed by atoms with Gasteiger partial charge in [0.2, 0.25) is 0 Å². The summed E-state index contributed by atoms with van der Waals surface area (Å²) in [6.45, 7) is 2.85. The molecule has 0 spiro atoms. The average molecular weight is 265 g/mol. The number of likely N-dealkylation sites (tertiary alicyclic amines) is 1. The summed E-state index contributed by atoms with van der Waals surface area (Å²) in [5.41, 5.74) is 1.68. The number of hydrogen-bond acceptors (Lipinski definition) is 3. The van der Waals surface area contributed by atoms with E-state index in [0.717, 1.165) is 38.0 Å². The molecule has 1 aromatic carbocycles. The van der Waals surface area contributed by atoms with E-state index in [9.17, 15) is 0 Å². The maximum atomic E-state index is 8.81. The molecule has 1 fully saturated rings. The zero-order valence-electron chi connectivity index (χ0n) is 10.5. The number of ether oxygens (including phenoxy) is 1. The molecule has 0 radical (unpaired) electrons. The quantitative estimate of drug-likeness (QED) is 0.842. The number of halogens is 1. The standard InChI is InChI=1S/C14H17ClN2O/c1-18-13-3-2-6-17(10-13)9-12-5-4-11(8-16)7-14(12)15/h4-5,7,13H,2-3,6,9-10H2,1H3. The Morgan fingerprint density at radius 3 is 3.06 bits per heavy atom. The normalized spacial score (nSPS) is 20.6. The highest BCUT2D eigenvalue weighted by Gasteiger charge is 2.19. The lowest BCUT2D eigenvalue weighted by molar-refractivity contribution is 0.0285. The zero-order valence-corrected chi connectivity index (χ0v) is 11.3. The molecule has 0 aromatic heterocycles. The van der Waals surface area contributed by atoms with Gasteiger partial charge < -0.3 is 4.74 Å². The topological polar surface area (TPSA) is 36.3 Å². The van der Waals surface area contributed by atoms with Crippen molar-refractivity contribution >= 4 is 11.6 Å². The van der Waals surface area contributed by atoms with E-state index in [-0.39, 0.29) is 0 Å². The Hall–Kier alpha value is -1.08. The summed E-state index contributed by atoms with van der Waals surface area (Å²) in [6, 6.07) is 7.59. The van der Waals surface area contributed by atoms with Gasteiger partial charge in [0.25, 0.3) is 0 Å². The smallest absolute Gasteiger partial charge is 0.0992 e. The van der Waals surface area contributed by atoms with Crippen LogP contribution in [0, 0.1) is 11.3 Å². The summed E-state index contributed by atoms with van der Waals surface area (Å²) in [7, 11) is 1.77. The van der Waals surface area contributed by atoms with Gasteiger partial charge in [0.15, 0.2) is 0 Å². The van der Waals surface area contributed by atoms with Gasteiger partial charge in [0, 0.05) is 25.2 Å². The van der Waals surface area contributed by atoms with E-state index < -0.39 is 0 Å². The van der Waals surface area contributed by atoms with Gasteiger partial charge in [-0.2, -0.15) is 5.26 Å². The third-order valence-corrected chi connectivity index (χ3v) is 3.72. The summed E-state index contributed by atoms with van der Waals surface area (Å²) in [4.78, 5) is 2.35. The largest absolute Gasteiger partial charge is 0.380 e. The van der Waals surface area contributed by atoms with Crippen LogP contribution in [0.1, 0.15) is 24.0 Å². The summed E-state index contributed by atoms with van der Waals surface area (Å²) in [5.74, 6) is 0. The Morgan fingerprint density at radius 1 is 1.56 bits per heavy atom. The van der Waals surface area contributed by atoms with Gasteiger partial charge >= 0.3 is 0 Å². The predicted molar refractivity (Wildman–Crippen MR) is 71.5 cm³/mol. The molecule has 0 aliphatic carbocycles. The first-order valence-electron chi connectivity index (χ1n) is 6.16. The van der Waals surface area contributed by atoms with Crippen molar-refractivity contribution in [2.45, 2.75) is 25.5 Å². The van der Waals surface area contributed by atoms with Crippen LogP contribution >= 0.6 is 11.6 Å². The summed E-state index contributed by atoms with van der Waals surface area (Å²) >= 11 is 6.19. The first-order valence-corrected chi connectivity index (χ1v) is 6.54. The highest BCUT2D eigenvalue weighted by atomic mass is 35.5. The van der Waals surface area contributed by atoms with Crippen LogP contribution in [-0.2, 0) is 11.3 Å². The molecule has 0 amide bonds. The van der Waals surface area contributed by atoms with E-state index in [4.69, 9.17) is 21.6 Å². The van der Waals surface area contributed by atoms with Crippen molar-refractivity contribution in [3.8, 4) is 6.07 Å². The molecule has 1 saturated heterocycles. The van der Waals surface area contributed by atoms with E-state index in [1.165, 1.54) is 0 Å². The number of nitriles is 1. The molecule has 4 heteroatoms. The molecular weight excluding hydrogens is 248 g/mol. The van der Waals surface area contributed by atoms with Gasteiger partial charge in [-0.15, -0.1) is 0 Å². The van der Waals surface area contributed by atoms with Crippen LogP contribution in [0.5, 0.6) is 0 Å². The minimum absolute atomic E-state index is 0.330. The van der Waals surface area contributed by atoms with Crippen molar-refractivity contribution in [2.75, 3.05) is 20.2 Å². The molecule has 3 nitrogen and oxygen atoms in total. The second-order valence-corrected chi connectivity index (χ2v) is 5.06. The molecule has 1 atom stereocenters. The van der Waals surface area contributed by atoms with Gasteiger partial charge in [-0.05, 0) is 37.1 Å². The highest BCUT2D eigenvalue weighted by molar-refractivity contribution is 6.31. The van der Waals surface area contributed by atoms with Gasteiger partial charge in [0.05, 0.1) is 17.7 Å². The van der Waals surface area contributed by atoms with Crippen molar-refractivity contribution in [1.82, 2.24) is 4.90 Å². The van der Waals surface area contributed by atoms with Crippen LogP contribution in [0.4, 0.5) is 0 Å². The monoisotopic (exact) mass is 264 g/mol. The van der Waals surface area contributed by atoms with Crippen molar-refractivity contribution in [1.29, 1.82) is 5.26 Å². The maximum Gasteiger partial charge on any atom is 0.0992 e. The Bertz CT molecular complexity index is 456. The second kappa shape index (κ2) is 6.19. The van der Waals surface area contributed by atoms with Crippen LogP contribution in [0.25, 0.3) is 0 Å². The SMILES string of the molecule is COC1CCCN(Cc2ccc(C#N)cc2Cl)C1. The molecular formula is C14H17ClN2O. The van der Waals surface area contributed by atoms with Crippen LogP contribution in [0.2, 0.25) is 5.02 Å². The van der Waals surface area contributed by atoms with E-state index in [1.807, 2.05) is 12.1 Å². The Kier molecular flexibility index (Phi) is 4.60. The fraction of sp³-hybridized carbons (Fsp3) is 0.500. The van der Waals surface area contributed by atoms with E-state index in [0.29, 0.717) is 16.7 Å². The minimum atomic E-state index is 0.330. The molecule has 1 aromatic rings. The number of rotatable bonds is 3. The lowest BCUT2D eigenvalue weighted by Gasteiger charge is -2.32. The fourth-order valence-electron chi connectivity index (χ4n) is 2.34. The molecule has 1 aliphatic rings. The number of methoxy groups -OCH3 is 1. The van der Waals surface area contributed by atoms with Crippen molar-refractivity contribution < 1.29 is 4.74 Å². The van der Waals surface area contributed by atoms with Crippen LogP contribution in [0.3, 0.4) is 0 Å². The lowest BCUT2D eigenvalue weighted by atomic mass is 10.1. The number of benzene rings is 1. The minimum Gasteiger partial charge on any atom is -0.380 e. The molecule has 1 unspecified atom stereocenters. The third-order valence-electron chi connectivity index (χ3n) is 3.37. The first-order chi connectivity index (χ1) is 8.72. The molecule has 0 N–H and O–H groups in total. The van der Waals surface area contributed by atoms with Gasteiger partial charge in [0.1, 0.15) is 0 Å². The van der Waals surface area contributed by atoms with E-state index in [2.05, 4.69) is 11.0 Å². The van der Waals surface area contributed by atoms with Gasteiger partial charge in [-0.1, -0.05) is 17.7 Å². The number of nitrogens with zero attached hydrogens (tertiary/aromatic N) is 2. The summed E-state index contributed by atoms with van der Waals surface area (Å²) in [5, 5.41) is 9.48. The van der Waals surface area contributed by atoms with E-state index >= 15 is 0 Å². The summed E-state index contributed by atoms with van der Waals surface area (Å²) in [6.07, 6.45) is 2.62. The Labute approximate surface area is 113 Å². The highest BCUT2D eigenvalue weighted by Crippen LogP contribution is 2.21. The van der Waals surface area contributed by atoms with Crippen LogP contribution < -0.4 is 0 Å². The number of hydrogen-bond donors (Lipinski definition) is 0. The van der Waals surface area contributed by atoms with E-state index in [1.54, 1.807) is 13.2 Å². The third kappa shape index (κ3) is 3.23.